The third kappa shape index (κ3) is 2.96. The second kappa shape index (κ2) is 4.43. The fourth-order valence-electron chi connectivity index (χ4n) is 1.87. The van der Waals surface area contributed by atoms with E-state index in [2.05, 4.69) is 43.3 Å². The Morgan fingerprint density at radius 2 is 1.88 bits per heavy atom. The lowest BCUT2D eigenvalue weighted by Crippen LogP contribution is -2.27. The lowest BCUT2D eigenvalue weighted by Gasteiger charge is -2.18. The Kier molecular flexibility index (Phi) is 3.17. The second-order valence-corrected chi connectivity index (χ2v) is 11.0. The van der Waals surface area contributed by atoms with Crippen LogP contribution in [0.2, 0.25) is 25.7 Å². The van der Waals surface area contributed by atoms with Gasteiger partial charge in [0.05, 0.1) is 5.70 Å². The first-order valence-corrected chi connectivity index (χ1v) is 9.44. The maximum Gasteiger partial charge on any atom is 0.103 e. The summed E-state index contributed by atoms with van der Waals surface area (Å²) in [6, 6.07) is 11.5. The Bertz CT molecular complexity index is 381. The van der Waals surface area contributed by atoms with Gasteiger partial charge in [-0.05, 0) is 17.7 Å². The van der Waals surface area contributed by atoms with Crippen molar-refractivity contribution < 1.29 is 4.84 Å². The van der Waals surface area contributed by atoms with Crippen LogP contribution < -0.4 is 5.48 Å². The fraction of sp³-hybridized carbons (Fsp3) is 0.385. The SMILES string of the molecule is C[Si](C)(C)CC1C=C(c2ccccc2)NO1. The molecule has 1 heterocycles. The Morgan fingerprint density at radius 1 is 1.19 bits per heavy atom. The molecule has 0 spiro atoms. The van der Waals surface area contributed by atoms with Gasteiger partial charge in [-0.15, -0.1) is 0 Å². The second-order valence-electron chi connectivity index (χ2n) is 5.47. The van der Waals surface area contributed by atoms with Gasteiger partial charge < -0.3 is 0 Å². The van der Waals surface area contributed by atoms with E-state index in [1.54, 1.807) is 0 Å². The van der Waals surface area contributed by atoms with Crippen LogP contribution in [0.15, 0.2) is 36.4 Å². The monoisotopic (exact) mass is 233 g/mol. The van der Waals surface area contributed by atoms with Crippen LogP contribution in [0, 0.1) is 0 Å². The zero-order valence-electron chi connectivity index (χ0n) is 10.2. The van der Waals surface area contributed by atoms with Crippen molar-refractivity contribution in [3.63, 3.8) is 0 Å². The van der Waals surface area contributed by atoms with Gasteiger partial charge in [-0.3, -0.25) is 10.3 Å². The number of hydrogen-bond acceptors (Lipinski definition) is 2. The van der Waals surface area contributed by atoms with E-state index in [4.69, 9.17) is 4.84 Å². The number of hydrogen-bond donors (Lipinski definition) is 1. The number of benzene rings is 1. The topological polar surface area (TPSA) is 21.3 Å². The molecule has 1 aromatic rings. The first kappa shape index (κ1) is 11.4. The average molecular weight is 233 g/mol. The highest BCUT2D eigenvalue weighted by Gasteiger charge is 2.24. The number of nitrogens with one attached hydrogen (secondary N) is 1. The van der Waals surface area contributed by atoms with Gasteiger partial charge in [0.1, 0.15) is 6.10 Å². The summed E-state index contributed by atoms with van der Waals surface area (Å²) in [7, 11) is -1.06. The minimum atomic E-state index is -1.06. The van der Waals surface area contributed by atoms with Gasteiger partial charge >= 0.3 is 0 Å². The van der Waals surface area contributed by atoms with E-state index in [-0.39, 0.29) is 6.10 Å². The summed E-state index contributed by atoms with van der Waals surface area (Å²) in [5, 5.41) is 0. The number of rotatable bonds is 3. The molecule has 1 aliphatic heterocycles. The van der Waals surface area contributed by atoms with Gasteiger partial charge in [0.25, 0.3) is 0 Å². The smallest absolute Gasteiger partial charge is 0.103 e. The van der Waals surface area contributed by atoms with Crippen LogP contribution in [0.4, 0.5) is 0 Å². The van der Waals surface area contributed by atoms with Crippen LogP contribution in [0.5, 0.6) is 0 Å². The Morgan fingerprint density at radius 3 is 2.50 bits per heavy atom. The van der Waals surface area contributed by atoms with E-state index in [0.717, 1.165) is 11.7 Å². The van der Waals surface area contributed by atoms with Crippen molar-refractivity contribution in [2.45, 2.75) is 31.8 Å². The predicted molar refractivity (Wildman–Crippen MR) is 70.6 cm³/mol. The summed E-state index contributed by atoms with van der Waals surface area (Å²) >= 11 is 0. The van der Waals surface area contributed by atoms with Crippen molar-refractivity contribution in [2.75, 3.05) is 0 Å². The molecule has 0 saturated carbocycles. The van der Waals surface area contributed by atoms with Crippen LogP contribution in [0.1, 0.15) is 5.56 Å². The zero-order chi connectivity index (χ0) is 11.6. The third-order valence-electron chi connectivity index (χ3n) is 2.57. The van der Waals surface area contributed by atoms with Gasteiger partial charge in [-0.25, -0.2) is 0 Å². The summed E-state index contributed by atoms with van der Waals surface area (Å²) < 4.78 is 0. The van der Waals surface area contributed by atoms with Crippen molar-refractivity contribution in [1.82, 2.24) is 5.48 Å². The van der Waals surface area contributed by atoms with Gasteiger partial charge in [-0.1, -0.05) is 50.0 Å². The highest BCUT2D eigenvalue weighted by molar-refractivity contribution is 6.76. The third-order valence-corrected chi connectivity index (χ3v) is 4.20. The van der Waals surface area contributed by atoms with Gasteiger partial charge in [-0.2, -0.15) is 0 Å². The molecule has 0 radical (unpaired) electrons. The highest BCUT2D eigenvalue weighted by atomic mass is 28.3. The molecule has 2 rings (SSSR count). The molecule has 0 aromatic heterocycles. The van der Waals surface area contributed by atoms with E-state index in [9.17, 15) is 0 Å². The largest absolute Gasteiger partial charge is 0.269 e. The van der Waals surface area contributed by atoms with Crippen LogP contribution in [0.25, 0.3) is 5.70 Å². The molecule has 1 N–H and O–H groups in total. The first-order chi connectivity index (χ1) is 7.54. The summed E-state index contributed by atoms with van der Waals surface area (Å²) in [5.41, 5.74) is 5.32. The van der Waals surface area contributed by atoms with E-state index >= 15 is 0 Å². The van der Waals surface area contributed by atoms with E-state index in [1.165, 1.54) is 5.56 Å². The molecule has 1 unspecified atom stereocenters. The maximum absolute atomic E-state index is 5.59. The summed E-state index contributed by atoms with van der Waals surface area (Å²) in [4.78, 5) is 5.59. The highest BCUT2D eigenvalue weighted by Crippen LogP contribution is 2.23. The molecule has 0 aliphatic carbocycles. The van der Waals surface area contributed by atoms with Crippen molar-refractivity contribution in [3.05, 3.63) is 42.0 Å². The molecule has 0 bridgehead atoms. The van der Waals surface area contributed by atoms with Crippen molar-refractivity contribution in [3.8, 4) is 0 Å². The Labute approximate surface area is 98.3 Å². The molecule has 3 heteroatoms. The minimum Gasteiger partial charge on any atom is -0.269 e. The summed E-state index contributed by atoms with van der Waals surface area (Å²) in [6.45, 7) is 7.10. The van der Waals surface area contributed by atoms with Gasteiger partial charge in [0.15, 0.2) is 0 Å². The molecular formula is C13H19NOSi. The average Bonchev–Trinajstić information content (AvgIpc) is 2.65. The molecule has 0 amide bonds. The molecule has 0 fully saturated rings. The van der Waals surface area contributed by atoms with Gasteiger partial charge in [0, 0.05) is 8.07 Å². The number of hydroxylamine groups is 1. The van der Waals surface area contributed by atoms with Crippen LogP contribution >= 0.6 is 0 Å². The van der Waals surface area contributed by atoms with Crippen LogP contribution in [-0.4, -0.2) is 14.2 Å². The van der Waals surface area contributed by atoms with Crippen molar-refractivity contribution >= 4 is 13.8 Å². The van der Waals surface area contributed by atoms with E-state index in [0.29, 0.717) is 0 Å². The molecule has 0 saturated heterocycles. The molecule has 1 atom stereocenters. The van der Waals surface area contributed by atoms with E-state index in [1.807, 2.05) is 18.2 Å². The zero-order valence-corrected chi connectivity index (χ0v) is 11.2. The van der Waals surface area contributed by atoms with Crippen LogP contribution in [0.3, 0.4) is 0 Å². The molecule has 1 aromatic carbocycles. The van der Waals surface area contributed by atoms with E-state index < -0.39 is 8.07 Å². The standard InChI is InChI=1S/C13H19NOSi/c1-16(2,3)10-12-9-13(14-15-12)11-7-5-4-6-8-11/h4-9,12,14H,10H2,1-3H3. The summed E-state index contributed by atoms with van der Waals surface area (Å²) in [6.07, 6.45) is 2.44. The maximum atomic E-state index is 5.59. The molecule has 16 heavy (non-hydrogen) atoms. The Balaban J connectivity index is 2.07. The van der Waals surface area contributed by atoms with Crippen LogP contribution in [-0.2, 0) is 4.84 Å². The lowest BCUT2D eigenvalue weighted by molar-refractivity contribution is 0.0617. The molecular weight excluding hydrogens is 214 g/mol. The lowest BCUT2D eigenvalue weighted by atomic mass is 10.1. The first-order valence-electron chi connectivity index (χ1n) is 5.73. The molecule has 1 aliphatic rings. The van der Waals surface area contributed by atoms with Crippen molar-refractivity contribution in [2.24, 2.45) is 0 Å². The predicted octanol–water partition coefficient (Wildman–Crippen LogP) is 3.27. The van der Waals surface area contributed by atoms with Gasteiger partial charge in [0.2, 0.25) is 0 Å². The normalized spacial score (nSPS) is 20.4. The molecule has 2 nitrogen and oxygen atoms in total. The fourth-order valence-corrected chi connectivity index (χ4v) is 3.28. The summed E-state index contributed by atoms with van der Waals surface area (Å²) in [5.74, 6) is 0. The Hall–Kier alpha value is -1.06. The van der Waals surface area contributed by atoms with Crippen molar-refractivity contribution in [1.29, 1.82) is 0 Å². The minimum absolute atomic E-state index is 0.238. The quantitative estimate of drug-likeness (QED) is 0.809. The molecule has 86 valence electrons.